The van der Waals surface area contributed by atoms with Crippen molar-refractivity contribution in [2.24, 2.45) is 0 Å². The maximum atomic E-state index is 6.13. The Balaban J connectivity index is 1.85. The lowest BCUT2D eigenvalue weighted by Gasteiger charge is -2.21. The van der Waals surface area contributed by atoms with Crippen molar-refractivity contribution in [3.8, 4) is 0 Å². The molecule has 0 aliphatic heterocycles. The molecular weight excluding hydrogens is 278 g/mol. The van der Waals surface area contributed by atoms with Gasteiger partial charge in [-0.3, -0.25) is 0 Å². The third-order valence-electron chi connectivity index (χ3n) is 3.27. The molecule has 2 heterocycles. The SMILES string of the molecule is CCN(Cc1cccs1)c1cc(Cl)nc(C2CC2)n1. The normalized spacial score (nSPS) is 14.6. The van der Waals surface area contributed by atoms with Gasteiger partial charge in [0.25, 0.3) is 0 Å². The zero-order valence-electron chi connectivity index (χ0n) is 10.8. The van der Waals surface area contributed by atoms with E-state index in [4.69, 9.17) is 11.6 Å². The van der Waals surface area contributed by atoms with Crippen molar-refractivity contribution in [3.05, 3.63) is 39.4 Å². The van der Waals surface area contributed by atoms with Gasteiger partial charge in [-0.15, -0.1) is 11.3 Å². The van der Waals surface area contributed by atoms with E-state index in [-0.39, 0.29) is 0 Å². The monoisotopic (exact) mass is 293 g/mol. The van der Waals surface area contributed by atoms with Gasteiger partial charge in [-0.25, -0.2) is 9.97 Å². The molecule has 2 aromatic heterocycles. The molecule has 0 spiro atoms. The minimum absolute atomic E-state index is 0.526. The average molecular weight is 294 g/mol. The van der Waals surface area contributed by atoms with Crippen LogP contribution in [0.1, 0.15) is 36.4 Å². The van der Waals surface area contributed by atoms with Crippen LogP contribution in [0.5, 0.6) is 0 Å². The summed E-state index contributed by atoms with van der Waals surface area (Å²) in [6, 6.07) is 6.10. The van der Waals surface area contributed by atoms with Crippen molar-refractivity contribution in [2.45, 2.75) is 32.2 Å². The zero-order chi connectivity index (χ0) is 13.2. The Bertz CT molecular complexity index is 552. The van der Waals surface area contributed by atoms with Crippen molar-refractivity contribution >= 4 is 28.8 Å². The van der Waals surface area contributed by atoms with Crippen molar-refractivity contribution in [2.75, 3.05) is 11.4 Å². The van der Waals surface area contributed by atoms with Crippen LogP contribution < -0.4 is 4.90 Å². The highest BCUT2D eigenvalue weighted by Gasteiger charge is 2.27. The summed E-state index contributed by atoms with van der Waals surface area (Å²) in [5, 5.41) is 2.66. The van der Waals surface area contributed by atoms with Gasteiger partial charge >= 0.3 is 0 Å². The summed E-state index contributed by atoms with van der Waals surface area (Å²) in [6.45, 7) is 3.93. The molecule has 0 radical (unpaired) electrons. The number of hydrogen-bond acceptors (Lipinski definition) is 4. The number of anilines is 1. The molecule has 3 nitrogen and oxygen atoms in total. The average Bonchev–Trinajstić information content (AvgIpc) is 3.13. The van der Waals surface area contributed by atoms with Crippen LogP contribution in [-0.2, 0) is 6.54 Å². The standard InChI is InChI=1S/C14H16ClN3S/c1-2-18(9-11-4-3-7-19-11)13-8-12(15)16-14(17-13)10-5-6-10/h3-4,7-8,10H,2,5-6,9H2,1H3. The van der Waals surface area contributed by atoms with E-state index in [1.807, 2.05) is 6.07 Å². The summed E-state index contributed by atoms with van der Waals surface area (Å²) in [5.41, 5.74) is 0. The maximum absolute atomic E-state index is 6.13. The van der Waals surface area contributed by atoms with Crippen molar-refractivity contribution in [1.82, 2.24) is 9.97 Å². The fourth-order valence-corrected chi connectivity index (χ4v) is 2.96. The summed E-state index contributed by atoms with van der Waals surface area (Å²) < 4.78 is 0. The smallest absolute Gasteiger partial charge is 0.135 e. The fourth-order valence-electron chi connectivity index (χ4n) is 2.05. The van der Waals surface area contributed by atoms with E-state index in [1.54, 1.807) is 11.3 Å². The van der Waals surface area contributed by atoms with Crippen LogP contribution in [0.2, 0.25) is 5.15 Å². The molecule has 0 amide bonds. The topological polar surface area (TPSA) is 29.0 Å². The molecule has 5 heteroatoms. The van der Waals surface area contributed by atoms with Crippen LogP contribution >= 0.6 is 22.9 Å². The second-order valence-electron chi connectivity index (χ2n) is 4.77. The summed E-state index contributed by atoms with van der Waals surface area (Å²) in [5.74, 6) is 2.38. The molecular formula is C14H16ClN3S. The maximum Gasteiger partial charge on any atom is 0.135 e. The number of hydrogen-bond donors (Lipinski definition) is 0. The Kier molecular flexibility index (Phi) is 3.71. The second kappa shape index (κ2) is 5.47. The van der Waals surface area contributed by atoms with Crippen LogP contribution in [0.15, 0.2) is 23.6 Å². The van der Waals surface area contributed by atoms with E-state index in [9.17, 15) is 0 Å². The van der Waals surface area contributed by atoms with Gasteiger partial charge in [0.1, 0.15) is 16.8 Å². The molecule has 1 fully saturated rings. The molecule has 3 rings (SSSR count). The van der Waals surface area contributed by atoms with Crippen LogP contribution in [0, 0.1) is 0 Å². The summed E-state index contributed by atoms with van der Waals surface area (Å²) in [6.07, 6.45) is 2.38. The molecule has 2 aromatic rings. The predicted molar refractivity (Wildman–Crippen MR) is 80.1 cm³/mol. The predicted octanol–water partition coefficient (Wildman–Crippen LogP) is 4.10. The highest BCUT2D eigenvalue weighted by Crippen LogP contribution is 2.39. The summed E-state index contributed by atoms with van der Waals surface area (Å²) >= 11 is 7.90. The van der Waals surface area contributed by atoms with E-state index >= 15 is 0 Å². The molecule has 1 saturated carbocycles. The Morgan fingerprint density at radius 2 is 2.26 bits per heavy atom. The molecule has 1 aliphatic carbocycles. The molecule has 0 saturated heterocycles. The fraction of sp³-hybridized carbons (Fsp3) is 0.429. The van der Waals surface area contributed by atoms with E-state index < -0.39 is 0 Å². The Morgan fingerprint density at radius 3 is 2.89 bits per heavy atom. The first-order valence-electron chi connectivity index (χ1n) is 6.58. The molecule has 19 heavy (non-hydrogen) atoms. The minimum atomic E-state index is 0.526. The first-order valence-corrected chi connectivity index (χ1v) is 7.84. The lowest BCUT2D eigenvalue weighted by atomic mass is 10.3. The highest BCUT2D eigenvalue weighted by molar-refractivity contribution is 7.09. The first-order chi connectivity index (χ1) is 9.26. The van der Waals surface area contributed by atoms with Crippen molar-refractivity contribution in [1.29, 1.82) is 0 Å². The van der Waals surface area contributed by atoms with Gasteiger partial charge in [0.05, 0.1) is 6.54 Å². The lowest BCUT2D eigenvalue weighted by molar-refractivity contribution is 0.802. The molecule has 0 atom stereocenters. The third-order valence-corrected chi connectivity index (χ3v) is 4.33. The van der Waals surface area contributed by atoms with Gasteiger partial charge in [0, 0.05) is 23.4 Å². The number of nitrogens with zero attached hydrogens (tertiary/aromatic N) is 3. The second-order valence-corrected chi connectivity index (χ2v) is 6.19. The van der Waals surface area contributed by atoms with Gasteiger partial charge in [0.2, 0.25) is 0 Å². The van der Waals surface area contributed by atoms with Crippen LogP contribution in [-0.4, -0.2) is 16.5 Å². The van der Waals surface area contributed by atoms with E-state index in [1.165, 1.54) is 17.7 Å². The largest absolute Gasteiger partial charge is 0.352 e. The van der Waals surface area contributed by atoms with E-state index in [0.29, 0.717) is 11.1 Å². The van der Waals surface area contributed by atoms with Gasteiger partial charge in [-0.1, -0.05) is 17.7 Å². The Morgan fingerprint density at radius 1 is 1.42 bits per heavy atom. The molecule has 0 bridgehead atoms. The van der Waals surface area contributed by atoms with Crippen molar-refractivity contribution in [3.63, 3.8) is 0 Å². The molecule has 0 unspecified atom stereocenters. The lowest BCUT2D eigenvalue weighted by Crippen LogP contribution is -2.23. The van der Waals surface area contributed by atoms with Crippen LogP contribution in [0.3, 0.4) is 0 Å². The quantitative estimate of drug-likeness (QED) is 0.777. The van der Waals surface area contributed by atoms with Gasteiger partial charge in [0.15, 0.2) is 0 Å². The van der Waals surface area contributed by atoms with Gasteiger partial charge < -0.3 is 4.90 Å². The Labute approximate surface area is 122 Å². The number of halogens is 1. The minimum Gasteiger partial charge on any atom is -0.352 e. The van der Waals surface area contributed by atoms with Crippen LogP contribution in [0.25, 0.3) is 0 Å². The molecule has 100 valence electrons. The van der Waals surface area contributed by atoms with E-state index in [0.717, 1.165) is 24.7 Å². The molecule has 1 aliphatic rings. The highest BCUT2D eigenvalue weighted by atomic mass is 35.5. The zero-order valence-corrected chi connectivity index (χ0v) is 12.4. The third kappa shape index (κ3) is 3.07. The van der Waals surface area contributed by atoms with Gasteiger partial charge in [-0.2, -0.15) is 0 Å². The first kappa shape index (κ1) is 12.9. The number of aromatic nitrogens is 2. The number of rotatable bonds is 5. The molecule has 0 aromatic carbocycles. The van der Waals surface area contributed by atoms with Crippen LogP contribution in [0.4, 0.5) is 5.82 Å². The van der Waals surface area contributed by atoms with Gasteiger partial charge in [-0.05, 0) is 31.2 Å². The Hall–Kier alpha value is -1.13. The molecule has 0 N–H and O–H groups in total. The van der Waals surface area contributed by atoms with E-state index in [2.05, 4.69) is 39.3 Å². The van der Waals surface area contributed by atoms with Crippen molar-refractivity contribution < 1.29 is 0 Å². The summed E-state index contributed by atoms with van der Waals surface area (Å²) in [7, 11) is 0. The number of thiophene rings is 1. The summed E-state index contributed by atoms with van der Waals surface area (Å²) in [4.78, 5) is 12.6.